The molecule has 0 bridgehead atoms. The molecule has 0 aromatic heterocycles. The zero-order valence-electron chi connectivity index (χ0n) is 6.45. The van der Waals surface area contributed by atoms with Crippen molar-refractivity contribution in [2.45, 2.75) is 6.54 Å². The van der Waals surface area contributed by atoms with Gasteiger partial charge in [0.2, 0.25) is 6.08 Å². The summed E-state index contributed by atoms with van der Waals surface area (Å²) in [5.74, 6) is 2.51. The van der Waals surface area contributed by atoms with E-state index in [0.717, 1.165) is 11.1 Å². The minimum Gasteiger partial charge on any atom is -0.211 e. The van der Waals surface area contributed by atoms with Crippen LogP contribution in [0, 0.1) is 12.3 Å². The Balaban J connectivity index is 2.98. The van der Waals surface area contributed by atoms with E-state index >= 15 is 0 Å². The van der Waals surface area contributed by atoms with Gasteiger partial charge in [-0.15, -0.1) is 6.42 Å². The van der Waals surface area contributed by atoms with E-state index in [2.05, 4.69) is 10.9 Å². The van der Waals surface area contributed by atoms with Crippen molar-refractivity contribution in [3.8, 4) is 12.3 Å². The molecule has 1 aromatic carbocycles. The van der Waals surface area contributed by atoms with E-state index < -0.39 is 0 Å². The van der Waals surface area contributed by atoms with Crippen LogP contribution in [0.25, 0.3) is 0 Å². The summed E-state index contributed by atoms with van der Waals surface area (Å²) < 4.78 is 0. The highest BCUT2D eigenvalue weighted by Crippen LogP contribution is 2.07. The number of carbonyl (C=O) groups excluding carboxylic acids is 1. The summed E-state index contributed by atoms with van der Waals surface area (Å²) in [5, 5.41) is 0. The van der Waals surface area contributed by atoms with Gasteiger partial charge in [-0.2, -0.15) is 0 Å². The maximum Gasteiger partial charge on any atom is 0.235 e. The molecule has 0 saturated carbocycles. The van der Waals surface area contributed by atoms with Crippen molar-refractivity contribution in [3.05, 3.63) is 35.4 Å². The predicted octanol–water partition coefficient (Wildman–Crippen LogP) is 1.50. The molecule has 0 atom stereocenters. The topological polar surface area (TPSA) is 29.4 Å². The van der Waals surface area contributed by atoms with E-state index in [-0.39, 0.29) is 0 Å². The Kier molecular flexibility index (Phi) is 2.84. The number of rotatable bonds is 2. The molecule has 1 aromatic rings. The molecule has 0 amide bonds. The van der Waals surface area contributed by atoms with Gasteiger partial charge in [0.25, 0.3) is 0 Å². The van der Waals surface area contributed by atoms with Crippen LogP contribution in [0.5, 0.6) is 0 Å². The number of hydrogen-bond donors (Lipinski definition) is 0. The molecule has 2 nitrogen and oxygen atoms in total. The second-order valence-electron chi connectivity index (χ2n) is 2.21. The molecule has 0 aliphatic rings. The van der Waals surface area contributed by atoms with Crippen LogP contribution < -0.4 is 0 Å². The Morgan fingerprint density at radius 1 is 1.42 bits per heavy atom. The zero-order chi connectivity index (χ0) is 8.81. The van der Waals surface area contributed by atoms with Crippen LogP contribution in [-0.2, 0) is 11.3 Å². The first-order valence-electron chi connectivity index (χ1n) is 3.46. The van der Waals surface area contributed by atoms with Gasteiger partial charge in [0.1, 0.15) is 0 Å². The van der Waals surface area contributed by atoms with Crippen LogP contribution in [0.4, 0.5) is 0 Å². The second-order valence-corrected chi connectivity index (χ2v) is 2.21. The third kappa shape index (κ3) is 1.82. The highest BCUT2D eigenvalue weighted by atomic mass is 16.1. The van der Waals surface area contributed by atoms with Gasteiger partial charge in [-0.1, -0.05) is 24.1 Å². The number of isocyanates is 1. The standard InChI is InChI=1S/C10H7NO/c1-2-9-5-3-4-6-10(9)7-11-8-12/h1,3-6H,7H2. The Morgan fingerprint density at radius 3 is 2.83 bits per heavy atom. The maximum absolute atomic E-state index is 9.83. The molecule has 12 heavy (non-hydrogen) atoms. The molecule has 0 N–H and O–H groups in total. The van der Waals surface area contributed by atoms with Gasteiger partial charge in [-0.3, -0.25) is 0 Å². The zero-order valence-corrected chi connectivity index (χ0v) is 6.45. The molecule has 1 rings (SSSR count). The van der Waals surface area contributed by atoms with Crippen molar-refractivity contribution in [2.75, 3.05) is 0 Å². The summed E-state index contributed by atoms with van der Waals surface area (Å²) >= 11 is 0. The fourth-order valence-electron chi connectivity index (χ4n) is 0.916. The number of terminal acetylenes is 1. The van der Waals surface area contributed by atoms with E-state index in [9.17, 15) is 4.79 Å². The summed E-state index contributed by atoms with van der Waals surface area (Å²) in [6.07, 6.45) is 6.71. The van der Waals surface area contributed by atoms with E-state index in [0.29, 0.717) is 6.54 Å². The van der Waals surface area contributed by atoms with E-state index in [4.69, 9.17) is 6.42 Å². The largest absolute Gasteiger partial charge is 0.235 e. The van der Waals surface area contributed by atoms with Crippen molar-refractivity contribution >= 4 is 6.08 Å². The van der Waals surface area contributed by atoms with Crippen molar-refractivity contribution in [3.63, 3.8) is 0 Å². The quantitative estimate of drug-likeness (QED) is 0.363. The molecular weight excluding hydrogens is 150 g/mol. The second kappa shape index (κ2) is 4.12. The van der Waals surface area contributed by atoms with Crippen molar-refractivity contribution in [2.24, 2.45) is 4.99 Å². The minimum atomic E-state index is 0.309. The molecule has 0 aliphatic heterocycles. The van der Waals surface area contributed by atoms with Crippen LogP contribution >= 0.6 is 0 Å². The lowest BCUT2D eigenvalue weighted by Crippen LogP contribution is -1.86. The Hall–Kier alpha value is -1.84. The third-order valence-corrected chi connectivity index (χ3v) is 1.49. The van der Waals surface area contributed by atoms with Gasteiger partial charge >= 0.3 is 0 Å². The van der Waals surface area contributed by atoms with Gasteiger partial charge in [-0.25, -0.2) is 9.79 Å². The minimum absolute atomic E-state index is 0.309. The van der Waals surface area contributed by atoms with E-state index in [1.54, 1.807) is 0 Å². The fourth-order valence-corrected chi connectivity index (χ4v) is 0.916. The van der Waals surface area contributed by atoms with Crippen molar-refractivity contribution < 1.29 is 4.79 Å². The summed E-state index contributed by atoms with van der Waals surface area (Å²) in [4.78, 5) is 13.3. The number of nitrogens with zero attached hydrogens (tertiary/aromatic N) is 1. The number of benzene rings is 1. The van der Waals surface area contributed by atoms with Gasteiger partial charge in [-0.05, 0) is 11.6 Å². The molecular formula is C10H7NO. The van der Waals surface area contributed by atoms with Crippen LogP contribution in [0.15, 0.2) is 29.3 Å². The third-order valence-electron chi connectivity index (χ3n) is 1.49. The average molecular weight is 157 g/mol. The first-order chi connectivity index (χ1) is 5.88. The Morgan fingerprint density at radius 2 is 2.17 bits per heavy atom. The van der Waals surface area contributed by atoms with Crippen molar-refractivity contribution in [1.82, 2.24) is 0 Å². The van der Waals surface area contributed by atoms with E-state index in [1.165, 1.54) is 6.08 Å². The normalized spacial score (nSPS) is 8.25. The molecule has 0 unspecified atom stereocenters. The Labute approximate surface area is 70.9 Å². The number of aliphatic imine (C=N–C) groups is 1. The molecule has 0 aliphatic carbocycles. The van der Waals surface area contributed by atoms with Gasteiger partial charge in [0.05, 0.1) is 6.54 Å². The SMILES string of the molecule is C#Cc1ccccc1CN=C=O. The van der Waals surface area contributed by atoms with E-state index in [1.807, 2.05) is 24.3 Å². The van der Waals surface area contributed by atoms with Crippen LogP contribution in [0.1, 0.15) is 11.1 Å². The lowest BCUT2D eigenvalue weighted by molar-refractivity contribution is 0.563. The lowest BCUT2D eigenvalue weighted by atomic mass is 10.1. The van der Waals surface area contributed by atoms with Gasteiger partial charge < -0.3 is 0 Å². The number of hydrogen-bond acceptors (Lipinski definition) is 2. The van der Waals surface area contributed by atoms with Crippen LogP contribution in [0.3, 0.4) is 0 Å². The van der Waals surface area contributed by atoms with Crippen LogP contribution in [0.2, 0.25) is 0 Å². The smallest absolute Gasteiger partial charge is 0.211 e. The molecule has 0 spiro atoms. The monoisotopic (exact) mass is 157 g/mol. The first kappa shape index (κ1) is 8.26. The van der Waals surface area contributed by atoms with Gasteiger partial charge in [0, 0.05) is 5.56 Å². The lowest BCUT2D eigenvalue weighted by Gasteiger charge is -1.97. The summed E-state index contributed by atoms with van der Waals surface area (Å²) in [5.41, 5.74) is 1.65. The summed E-state index contributed by atoms with van der Waals surface area (Å²) in [7, 11) is 0. The molecule has 2 heteroatoms. The maximum atomic E-state index is 9.83. The summed E-state index contributed by atoms with van der Waals surface area (Å²) in [6, 6.07) is 7.37. The fraction of sp³-hybridized carbons (Fsp3) is 0.100. The van der Waals surface area contributed by atoms with Crippen molar-refractivity contribution in [1.29, 1.82) is 0 Å². The molecule has 0 radical (unpaired) electrons. The predicted molar refractivity (Wildman–Crippen MR) is 46.2 cm³/mol. The highest BCUT2D eigenvalue weighted by Gasteiger charge is 1.95. The Bertz CT molecular complexity index is 356. The first-order valence-corrected chi connectivity index (χ1v) is 3.46. The average Bonchev–Trinajstić information content (AvgIpc) is 2.15. The highest BCUT2D eigenvalue weighted by molar-refractivity contribution is 5.41. The summed E-state index contributed by atoms with van der Waals surface area (Å²) in [6.45, 7) is 0.309. The molecule has 0 saturated heterocycles. The molecule has 0 heterocycles. The molecule has 58 valence electrons. The van der Waals surface area contributed by atoms with Crippen LogP contribution in [-0.4, -0.2) is 6.08 Å². The van der Waals surface area contributed by atoms with Gasteiger partial charge in [0.15, 0.2) is 0 Å². The molecule has 0 fully saturated rings.